The van der Waals surface area contributed by atoms with Gasteiger partial charge in [-0.25, -0.2) is 0 Å². The van der Waals surface area contributed by atoms with Crippen molar-refractivity contribution >= 4 is 16.0 Å². The first-order chi connectivity index (χ1) is 9.95. The Morgan fingerprint density at radius 2 is 1.86 bits per heavy atom. The van der Waals surface area contributed by atoms with Crippen molar-refractivity contribution < 1.29 is 13.6 Å². The zero-order chi connectivity index (χ0) is 15.5. The second-order valence-electron chi connectivity index (χ2n) is 6.16. The molecule has 0 unspecified atom stereocenters. The highest BCUT2D eigenvalue weighted by Crippen LogP contribution is 2.28. The number of nitrogens with two attached hydrogens (primary N) is 1. The molecule has 21 heavy (non-hydrogen) atoms. The number of piperidine rings is 1. The number of rotatable bonds is 5. The minimum Gasteiger partial charge on any atom is -0.409 e. The second-order valence-corrected chi connectivity index (χ2v) is 8.05. The highest BCUT2D eigenvalue weighted by molar-refractivity contribution is 7.86. The Labute approximate surface area is 127 Å². The lowest BCUT2D eigenvalue weighted by Crippen LogP contribution is -2.52. The van der Waals surface area contributed by atoms with E-state index in [1.165, 1.54) is 4.31 Å². The summed E-state index contributed by atoms with van der Waals surface area (Å²) in [4.78, 5) is 0. The lowest BCUT2D eigenvalue weighted by atomic mass is 10.0. The summed E-state index contributed by atoms with van der Waals surface area (Å²) in [7, 11) is -3.54. The smallest absolute Gasteiger partial charge is 0.282 e. The molecule has 2 fully saturated rings. The molecular weight excluding hydrogens is 292 g/mol. The third-order valence-electron chi connectivity index (χ3n) is 4.54. The summed E-state index contributed by atoms with van der Waals surface area (Å²) in [6, 6.07) is -0.0327. The molecule has 0 aromatic heterocycles. The first-order valence-corrected chi connectivity index (χ1v) is 9.08. The van der Waals surface area contributed by atoms with Crippen LogP contribution >= 0.6 is 0 Å². The summed E-state index contributed by atoms with van der Waals surface area (Å²) in [5.74, 6) is 0.510. The van der Waals surface area contributed by atoms with E-state index < -0.39 is 10.2 Å². The van der Waals surface area contributed by atoms with Gasteiger partial charge in [0.2, 0.25) is 0 Å². The summed E-state index contributed by atoms with van der Waals surface area (Å²) in [6.45, 7) is 3.23. The van der Waals surface area contributed by atoms with Gasteiger partial charge in [0.15, 0.2) is 5.84 Å². The molecule has 1 saturated carbocycles. The van der Waals surface area contributed by atoms with Gasteiger partial charge in [0.25, 0.3) is 10.2 Å². The normalized spacial score (nSPS) is 24.0. The highest BCUT2D eigenvalue weighted by atomic mass is 32.2. The molecule has 0 amide bonds. The number of hydrogen-bond acceptors (Lipinski definition) is 4. The molecule has 1 saturated heterocycles. The molecule has 2 rings (SSSR count). The van der Waals surface area contributed by atoms with Crippen molar-refractivity contribution in [1.82, 2.24) is 8.61 Å². The van der Waals surface area contributed by atoms with Crippen molar-refractivity contribution in [3.63, 3.8) is 0 Å². The van der Waals surface area contributed by atoms with Crippen molar-refractivity contribution in [3.05, 3.63) is 0 Å². The van der Waals surface area contributed by atoms with Crippen molar-refractivity contribution in [2.24, 2.45) is 16.8 Å². The van der Waals surface area contributed by atoms with E-state index in [1.54, 1.807) is 4.31 Å². The van der Waals surface area contributed by atoms with Gasteiger partial charge in [-0.2, -0.15) is 17.0 Å². The minimum atomic E-state index is -3.54. The third kappa shape index (κ3) is 3.87. The molecule has 1 aliphatic heterocycles. The highest BCUT2D eigenvalue weighted by Gasteiger charge is 2.37. The fourth-order valence-corrected chi connectivity index (χ4v) is 5.00. The molecule has 2 aliphatic rings. The topological polar surface area (TPSA) is 99.2 Å². The molecule has 0 aromatic rings. The van der Waals surface area contributed by atoms with Crippen LogP contribution in [0.15, 0.2) is 5.16 Å². The van der Waals surface area contributed by atoms with Crippen LogP contribution in [0.4, 0.5) is 0 Å². The summed E-state index contributed by atoms with van der Waals surface area (Å²) < 4.78 is 28.8. The van der Waals surface area contributed by atoms with Crippen LogP contribution in [0, 0.1) is 5.92 Å². The van der Waals surface area contributed by atoms with Gasteiger partial charge in [-0.1, -0.05) is 24.9 Å². The van der Waals surface area contributed by atoms with E-state index >= 15 is 0 Å². The van der Waals surface area contributed by atoms with Gasteiger partial charge in [0, 0.05) is 19.1 Å². The van der Waals surface area contributed by atoms with Crippen molar-refractivity contribution in [2.45, 2.75) is 51.5 Å². The Morgan fingerprint density at radius 1 is 1.29 bits per heavy atom. The van der Waals surface area contributed by atoms with Gasteiger partial charge >= 0.3 is 0 Å². The molecule has 0 spiro atoms. The third-order valence-corrected chi connectivity index (χ3v) is 6.58. The number of amidine groups is 1. The van der Waals surface area contributed by atoms with E-state index in [1.807, 2.05) is 0 Å². The quantitative estimate of drug-likeness (QED) is 0.341. The molecule has 1 heterocycles. The monoisotopic (exact) mass is 318 g/mol. The first-order valence-electron chi connectivity index (χ1n) is 7.68. The standard InChI is InChI=1S/C13H26N4O3S/c1-11-6-8-16(9-7-11)21(19,20)17(10-13(14)15-18)12-4-2-3-5-12/h11-12,18H,2-10H2,1H3,(H2,14,15). The SMILES string of the molecule is CC1CCN(S(=O)(=O)N(CC(N)=NO)C2CCCC2)CC1. The van der Waals surface area contributed by atoms with Gasteiger partial charge < -0.3 is 10.9 Å². The molecule has 122 valence electrons. The van der Waals surface area contributed by atoms with Crippen LogP contribution in [0.2, 0.25) is 0 Å². The van der Waals surface area contributed by atoms with E-state index in [0.717, 1.165) is 38.5 Å². The average Bonchev–Trinajstić information content (AvgIpc) is 2.98. The number of hydrogen-bond donors (Lipinski definition) is 2. The van der Waals surface area contributed by atoms with E-state index in [0.29, 0.717) is 19.0 Å². The molecule has 0 bridgehead atoms. The molecule has 0 aromatic carbocycles. The molecule has 0 radical (unpaired) electrons. The predicted octanol–water partition coefficient (Wildman–Crippen LogP) is 0.954. The molecule has 0 atom stereocenters. The molecule has 7 nitrogen and oxygen atoms in total. The maximum absolute atomic E-state index is 12.9. The van der Waals surface area contributed by atoms with Crippen LogP contribution in [0.5, 0.6) is 0 Å². The summed E-state index contributed by atoms with van der Waals surface area (Å²) in [5, 5.41) is 11.7. The Kier molecular flexibility index (Phi) is 5.45. The molecule has 1 aliphatic carbocycles. The van der Waals surface area contributed by atoms with Crippen LogP contribution in [-0.2, 0) is 10.2 Å². The maximum Gasteiger partial charge on any atom is 0.282 e. The average molecular weight is 318 g/mol. The fraction of sp³-hybridized carbons (Fsp3) is 0.923. The number of oxime groups is 1. The van der Waals surface area contributed by atoms with E-state index in [9.17, 15) is 8.42 Å². The van der Waals surface area contributed by atoms with Crippen molar-refractivity contribution in [3.8, 4) is 0 Å². The van der Waals surface area contributed by atoms with Crippen LogP contribution in [0.3, 0.4) is 0 Å². The van der Waals surface area contributed by atoms with Crippen LogP contribution in [-0.4, -0.2) is 53.7 Å². The predicted molar refractivity (Wildman–Crippen MR) is 81.3 cm³/mol. The lowest BCUT2D eigenvalue weighted by Gasteiger charge is -2.36. The summed E-state index contributed by atoms with van der Waals surface area (Å²) in [5.41, 5.74) is 5.57. The zero-order valence-corrected chi connectivity index (χ0v) is 13.4. The minimum absolute atomic E-state index is 0.0322. The van der Waals surface area contributed by atoms with Crippen LogP contribution in [0.1, 0.15) is 45.4 Å². The summed E-state index contributed by atoms with van der Waals surface area (Å²) >= 11 is 0. The van der Waals surface area contributed by atoms with E-state index in [-0.39, 0.29) is 18.4 Å². The lowest BCUT2D eigenvalue weighted by molar-refractivity contribution is 0.251. The molecular formula is C13H26N4O3S. The van der Waals surface area contributed by atoms with Gasteiger partial charge in [-0.05, 0) is 31.6 Å². The van der Waals surface area contributed by atoms with E-state index in [2.05, 4.69) is 12.1 Å². The molecule has 3 N–H and O–H groups in total. The van der Waals surface area contributed by atoms with Crippen molar-refractivity contribution in [1.29, 1.82) is 0 Å². The maximum atomic E-state index is 12.9. The Balaban J connectivity index is 2.17. The Bertz CT molecular complexity index is 466. The largest absolute Gasteiger partial charge is 0.409 e. The van der Waals surface area contributed by atoms with Gasteiger partial charge in [0.1, 0.15) is 0 Å². The van der Waals surface area contributed by atoms with Crippen molar-refractivity contribution in [2.75, 3.05) is 19.6 Å². The molecule has 8 heteroatoms. The first kappa shape index (κ1) is 16.5. The fourth-order valence-electron chi connectivity index (χ4n) is 3.15. The van der Waals surface area contributed by atoms with Crippen LogP contribution in [0.25, 0.3) is 0 Å². The van der Waals surface area contributed by atoms with Gasteiger partial charge in [-0.3, -0.25) is 0 Å². The second kappa shape index (κ2) is 6.93. The van der Waals surface area contributed by atoms with Gasteiger partial charge in [-0.15, -0.1) is 0 Å². The summed E-state index contributed by atoms with van der Waals surface area (Å²) in [6.07, 6.45) is 5.54. The van der Waals surface area contributed by atoms with Crippen LogP contribution < -0.4 is 5.73 Å². The van der Waals surface area contributed by atoms with Gasteiger partial charge in [0.05, 0.1) is 6.54 Å². The Hall–Kier alpha value is -0.860. The zero-order valence-electron chi connectivity index (χ0n) is 12.6. The van der Waals surface area contributed by atoms with E-state index in [4.69, 9.17) is 10.9 Å². The Morgan fingerprint density at radius 3 is 2.38 bits per heavy atom. The number of nitrogens with zero attached hydrogens (tertiary/aromatic N) is 3.